The molecule has 0 aromatic heterocycles. The fourth-order valence-electron chi connectivity index (χ4n) is 5.84. The summed E-state index contributed by atoms with van der Waals surface area (Å²) < 4.78 is 0. The van der Waals surface area contributed by atoms with Crippen LogP contribution in [0.1, 0.15) is 47.5 Å². The molecular formula is C31H38Cl4N6O5. The number of halogens is 4. The number of hydrogen-bond acceptors (Lipinski definition) is 7. The van der Waals surface area contributed by atoms with Crippen LogP contribution in [0.15, 0.2) is 41.6 Å². The van der Waals surface area contributed by atoms with Gasteiger partial charge in [0.2, 0.25) is 0 Å². The summed E-state index contributed by atoms with van der Waals surface area (Å²) in [5.74, 6) is -0.514. The number of likely N-dealkylation sites (tertiary alicyclic amines) is 1. The average Bonchev–Trinajstić information content (AvgIpc) is 3.03. The van der Waals surface area contributed by atoms with Crippen molar-refractivity contribution in [3.8, 4) is 0 Å². The molecule has 1 atom stereocenters. The Bertz CT molecular complexity index is 1420. The van der Waals surface area contributed by atoms with Crippen molar-refractivity contribution in [1.29, 1.82) is 0 Å². The van der Waals surface area contributed by atoms with Gasteiger partial charge in [-0.25, -0.2) is 9.59 Å². The van der Waals surface area contributed by atoms with E-state index in [0.717, 1.165) is 49.5 Å². The first-order chi connectivity index (χ1) is 22.0. The Morgan fingerprint density at radius 3 is 2.35 bits per heavy atom. The molecule has 0 bridgehead atoms. The van der Waals surface area contributed by atoms with Crippen molar-refractivity contribution in [1.82, 2.24) is 25.1 Å². The van der Waals surface area contributed by atoms with E-state index in [0.29, 0.717) is 50.9 Å². The van der Waals surface area contributed by atoms with Crippen LogP contribution in [0.2, 0.25) is 20.1 Å². The molecule has 2 aliphatic rings. The molecule has 0 saturated carbocycles. The van der Waals surface area contributed by atoms with Gasteiger partial charge in [0.05, 0.1) is 28.8 Å². The summed E-state index contributed by atoms with van der Waals surface area (Å²) in [6, 6.07) is 9.96. The van der Waals surface area contributed by atoms with Gasteiger partial charge in [0.25, 0.3) is 5.91 Å². The smallest absolute Gasteiger partial charge is 0.399 e. The van der Waals surface area contributed by atoms with Gasteiger partial charge in [0.15, 0.2) is 0 Å². The van der Waals surface area contributed by atoms with E-state index in [4.69, 9.17) is 56.1 Å². The molecule has 46 heavy (non-hydrogen) atoms. The highest BCUT2D eigenvalue weighted by Gasteiger charge is 2.35. The number of nitrogens with zero attached hydrogens (tertiary/aromatic N) is 5. The van der Waals surface area contributed by atoms with Gasteiger partial charge < -0.3 is 29.7 Å². The zero-order valence-electron chi connectivity index (χ0n) is 26.0. The summed E-state index contributed by atoms with van der Waals surface area (Å²) >= 11 is 25.0. The summed E-state index contributed by atoms with van der Waals surface area (Å²) in [6.07, 6.45) is 2.29. The van der Waals surface area contributed by atoms with Gasteiger partial charge >= 0.3 is 12.1 Å². The second-order valence-corrected chi connectivity index (χ2v) is 12.9. The first-order valence-corrected chi connectivity index (χ1v) is 16.5. The van der Waals surface area contributed by atoms with E-state index in [1.165, 1.54) is 14.2 Å². The van der Waals surface area contributed by atoms with E-state index in [1.807, 2.05) is 17.0 Å². The molecule has 4 amide bonds. The highest BCUT2D eigenvalue weighted by molar-refractivity contribution is 6.42. The van der Waals surface area contributed by atoms with E-state index < -0.39 is 6.09 Å². The van der Waals surface area contributed by atoms with Crippen LogP contribution in [0.3, 0.4) is 0 Å². The molecule has 4 rings (SSSR count). The minimum atomic E-state index is -0.664. The second-order valence-electron chi connectivity index (χ2n) is 11.2. The van der Waals surface area contributed by atoms with E-state index >= 15 is 0 Å². The third-order valence-electron chi connectivity index (χ3n) is 8.16. The van der Waals surface area contributed by atoms with E-state index in [9.17, 15) is 14.4 Å². The molecule has 0 spiro atoms. The number of rotatable bonds is 11. The maximum Gasteiger partial charge on any atom is 0.431 e. The predicted molar refractivity (Wildman–Crippen MR) is 180 cm³/mol. The van der Waals surface area contributed by atoms with Crippen molar-refractivity contribution in [2.24, 2.45) is 5.16 Å². The summed E-state index contributed by atoms with van der Waals surface area (Å²) in [5, 5.41) is 9.47. The first-order valence-electron chi connectivity index (χ1n) is 15.0. The quantitative estimate of drug-likeness (QED) is 0.213. The Balaban J connectivity index is 1.44. The Labute approximate surface area is 289 Å². The Morgan fingerprint density at radius 1 is 1.02 bits per heavy atom. The fourth-order valence-corrected chi connectivity index (χ4v) is 6.67. The van der Waals surface area contributed by atoms with Crippen LogP contribution in [0.4, 0.5) is 9.59 Å². The molecule has 250 valence electrons. The largest absolute Gasteiger partial charge is 0.431 e. The van der Waals surface area contributed by atoms with E-state index in [1.54, 1.807) is 36.2 Å². The molecule has 0 unspecified atom stereocenters. The number of oxime groups is 1. The SMILES string of the molecule is CNC(=O)ON1CCCN(C2CCN(CC[C@@H](/C(CN(C)C(=O)c3cc(Cl)cc(Cl)c3)=N/OC)c3ccc(Cl)c(Cl)c3)CC2)C1=O. The molecule has 0 aliphatic carbocycles. The number of piperidine rings is 1. The van der Waals surface area contributed by atoms with Gasteiger partial charge in [0.1, 0.15) is 7.11 Å². The van der Waals surface area contributed by atoms with Gasteiger partial charge in [-0.15, -0.1) is 0 Å². The minimum Gasteiger partial charge on any atom is -0.399 e. The third kappa shape index (κ3) is 9.32. The molecule has 0 radical (unpaired) electrons. The van der Waals surface area contributed by atoms with Crippen LogP contribution in [0.25, 0.3) is 0 Å². The van der Waals surface area contributed by atoms with Crippen molar-refractivity contribution in [3.05, 3.63) is 67.6 Å². The topological polar surface area (TPSA) is 107 Å². The lowest BCUT2D eigenvalue weighted by Gasteiger charge is -2.42. The van der Waals surface area contributed by atoms with Crippen molar-refractivity contribution in [2.75, 3.05) is 60.5 Å². The number of amides is 4. The summed E-state index contributed by atoms with van der Waals surface area (Å²) in [7, 11) is 4.61. The van der Waals surface area contributed by atoms with Gasteiger partial charge in [-0.3, -0.25) is 4.79 Å². The minimum absolute atomic E-state index is 0.0518. The first kappa shape index (κ1) is 35.9. The molecule has 2 fully saturated rings. The van der Waals surface area contributed by atoms with E-state index in [2.05, 4.69) is 15.4 Å². The Kier molecular flexibility index (Phi) is 13.1. The summed E-state index contributed by atoms with van der Waals surface area (Å²) in [6.45, 7) is 3.46. The van der Waals surface area contributed by atoms with Gasteiger partial charge in [0, 0.05) is 61.3 Å². The van der Waals surface area contributed by atoms with E-state index in [-0.39, 0.29) is 30.4 Å². The van der Waals surface area contributed by atoms with Gasteiger partial charge in [-0.1, -0.05) is 57.6 Å². The summed E-state index contributed by atoms with van der Waals surface area (Å²) in [5.41, 5.74) is 1.89. The number of hydroxylamine groups is 2. The Hall–Kier alpha value is -2.96. The monoisotopic (exact) mass is 714 g/mol. The van der Waals surface area contributed by atoms with Crippen molar-refractivity contribution >= 4 is 70.1 Å². The summed E-state index contributed by atoms with van der Waals surface area (Å²) in [4.78, 5) is 54.1. The van der Waals surface area contributed by atoms with Crippen LogP contribution in [-0.4, -0.2) is 110 Å². The number of carbonyl (C=O) groups is 3. The number of carbonyl (C=O) groups excluding carboxylic acids is 3. The van der Waals surface area contributed by atoms with Crippen LogP contribution >= 0.6 is 46.4 Å². The molecule has 2 aromatic rings. The zero-order valence-corrected chi connectivity index (χ0v) is 29.0. The lowest BCUT2D eigenvalue weighted by Crippen LogP contribution is -2.56. The lowest BCUT2D eigenvalue weighted by molar-refractivity contribution is -0.0877. The highest BCUT2D eigenvalue weighted by Crippen LogP contribution is 2.31. The number of benzene rings is 2. The maximum atomic E-state index is 13.3. The fraction of sp³-hybridized carbons (Fsp3) is 0.484. The predicted octanol–water partition coefficient (Wildman–Crippen LogP) is 6.41. The van der Waals surface area contributed by atoms with Gasteiger partial charge in [-0.05, 0) is 68.1 Å². The molecule has 1 N–H and O–H groups in total. The highest BCUT2D eigenvalue weighted by atomic mass is 35.5. The maximum absolute atomic E-state index is 13.3. The second kappa shape index (κ2) is 16.7. The molecular weight excluding hydrogens is 678 g/mol. The number of hydrogen-bond donors (Lipinski definition) is 1. The van der Waals surface area contributed by atoms with Crippen LogP contribution in [0.5, 0.6) is 0 Å². The molecule has 2 saturated heterocycles. The number of nitrogens with one attached hydrogen (secondary N) is 1. The lowest BCUT2D eigenvalue weighted by atomic mass is 9.89. The molecule has 2 heterocycles. The molecule has 2 aromatic carbocycles. The van der Waals surface area contributed by atoms with Crippen molar-refractivity contribution in [2.45, 2.75) is 37.6 Å². The Morgan fingerprint density at radius 2 is 1.72 bits per heavy atom. The third-order valence-corrected chi connectivity index (χ3v) is 9.34. The normalized spacial score (nSPS) is 17.1. The van der Waals surface area contributed by atoms with Crippen LogP contribution in [-0.2, 0) is 9.68 Å². The molecule has 2 aliphatic heterocycles. The molecule has 15 heteroatoms. The average molecular weight is 716 g/mol. The van der Waals surface area contributed by atoms with Gasteiger partial charge in [-0.2, -0.15) is 5.06 Å². The number of urea groups is 1. The van der Waals surface area contributed by atoms with Crippen LogP contribution in [0, 0.1) is 0 Å². The van der Waals surface area contributed by atoms with Crippen molar-refractivity contribution < 1.29 is 24.1 Å². The van der Waals surface area contributed by atoms with Crippen LogP contribution < -0.4 is 5.32 Å². The zero-order chi connectivity index (χ0) is 33.4. The molecule has 11 nitrogen and oxygen atoms in total. The standard InChI is InChI=1S/C31H38Cl4N6O5/c1-36-30(43)46-41-11-4-10-40(31(41)44)24-7-12-39(13-8-24)14-9-25(20-5-6-26(34)27(35)17-20)28(37-45-3)19-38(2)29(42)21-15-22(32)18-23(33)16-21/h5-6,15-18,24-25H,4,7-14,19H2,1-3H3,(H,36,43)/b37-28+/t25-/m1/s1. The van der Waals surface area contributed by atoms with Crippen molar-refractivity contribution in [3.63, 3.8) is 0 Å².